The van der Waals surface area contributed by atoms with Crippen molar-refractivity contribution in [1.29, 1.82) is 0 Å². The third-order valence-electron chi connectivity index (χ3n) is 3.66. The number of nitrogens with one attached hydrogen (secondary N) is 1. The highest BCUT2D eigenvalue weighted by molar-refractivity contribution is 6.42. The average Bonchev–Trinajstić information content (AvgIpc) is 2.83. The Kier molecular flexibility index (Phi) is 6.59. The molecular weight excluding hydrogens is 319 g/mol. The summed E-state index contributed by atoms with van der Waals surface area (Å²) in [6, 6.07) is 5.51. The summed E-state index contributed by atoms with van der Waals surface area (Å²) < 4.78 is 0. The van der Waals surface area contributed by atoms with Crippen LogP contribution in [-0.2, 0) is 11.2 Å². The molecule has 1 saturated carbocycles. The van der Waals surface area contributed by atoms with E-state index in [9.17, 15) is 4.79 Å². The summed E-state index contributed by atoms with van der Waals surface area (Å²) in [6.45, 7) is 0.526. The van der Waals surface area contributed by atoms with Crippen molar-refractivity contribution < 1.29 is 4.79 Å². The molecule has 1 aromatic carbocycles. The van der Waals surface area contributed by atoms with Crippen LogP contribution in [0.25, 0.3) is 0 Å². The molecular formula is C14H19Cl3N2O. The van der Waals surface area contributed by atoms with Crippen molar-refractivity contribution in [2.24, 2.45) is 5.73 Å². The fourth-order valence-corrected chi connectivity index (χ4v) is 2.88. The molecule has 1 aliphatic carbocycles. The SMILES string of the molecule is Cl.NC1(C(=O)NCCc2cccc(Cl)c2Cl)CCCC1. The third-order valence-corrected chi connectivity index (χ3v) is 4.52. The Morgan fingerprint density at radius 3 is 2.60 bits per heavy atom. The third kappa shape index (κ3) is 4.01. The van der Waals surface area contributed by atoms with Crippen LogP contribution in [0.1, 0.15) is 31.2 Å². The summed E-state index contributed by atoms with van der Waals surface area (Å²) in [7, 11) is 0. The maximum Gasteiger partial charge on any atom is 0.240 e. The molecule has 0 heterocycles. The molecule has 0 atom stereocenters. The van der Waals surface area contributed by atoms with Gasteiger partial charge in [-0.15, -0.1) is 12.4 Å². The van der Waals surface area contributed by atoms with Gasteiger partial charge in [0, 0.05) is 6.54 Å². The zero-order valence-corrected chi connectivity index (χ0v) is 13.5. The lowest BCUT2D eigenvalue weighted by Gasteiger charge is -2.22. The van der Waals surface area contributed by atoms with Crippen molar-refractivity contribution in [3.8, 4) is 0 Å². The van der Waals surface area contributed by atoms with Crippen LogP contribution < -0.4 is 11.1 Å². The zero-order chi connectivity index (χ0) is 13.9. The van der Waals surface area contributed by atoms with E-state index in [0.717, 1.165) is 31.2 Å². The number of hydrogen-bond donors (Lipinski definition) is 2. The standard InChI is InChI=1S/C14H18Cl2N2O.ClH/c15-11-5-3-4-10(12(11)16)6-9-18-13(19)14(17)7-1-2-8-14;/h3-5H,1-2,6-9,17H2,(H,18,19);1H. The van der Waals surface area contributed by atoms with Crippen molar-refractivity contribution in [3.05, 3.63) is 33.8 Å². The van der Waals surface area contributed by atoms with Gasteiger partial charge in [0.2, 0.25) is 5.91 Å². The molecule has 3 nitrogen and oxygen atoms in total. The van der Waals surface area contributed by atoms with E-state index in [1.165, 1.54) is 0 Å². The molecule has 112 valence electrons. The molecule has 6 heteroatoms. The topological polar surface area (TPSA) is 55.1 Å². The maximum atomic E-state index is 12.0. The normalized spacial score (nSPS) is 16.6. The Balaban J connectivity index is 0.00000200. The number of carbonyl (C=O) groups excluding carboxylic acids is 1. The molecule has 0 unspecified atom stereocenters. The molecule has 20 heavy (non-hydrogen) atoms. The molecule has 0 radical (unpaired) electrons. The van der Waals surface area contributed by atoms with Gasteiger partial charge >= 0.3 is 0 Å². The summed E-state index contributed by atoms with van der Waals surface area (Å²) in [4.78, 5) is 12.0. The van der Waals surface area contributed by atoms with Crippen molar-refractivity contribution in [2.45, 2.75) is 37.6 Å². The minimum absolute atomic E-state index is 0. The second-order valence-electron chi connectivity index (χ2n) is 5.08. The summed E-state index contributed by atoms with van der Waals surface area (Å²) in [5, 5.41) is 3.99. The van der Waals surface area contributed by atoms with Crippen LogP contribution in [0.2, 0.25) is 10.0 Å². The van der Waals surface area contributed by atoms with Crippen LogP contribution in [0.15, 0.2) is 18.2 Å². The first-order valence-corrected chi connectivity index (χ1v) is 7.28. The number of halogens is 3. The van der Waals surface area contributed by atoms with E-state index in [2.05, 4.69) is 5.32 Å². The second kappa shape index (κ2) is 7.51. The minimum Gasteiger partial charge on any atom is -0.354 e. The lowest BCUT2D eigenvalue weighted by molar-refractivity contribution is -0.126. The monoisotopic (exact) mass is 336 g/mol. The highest BCUT2D eigenvalue weighted by atomic mass is 35.5. The molecule has 0 aliphatic heterocycles. The predicted octanol–water partition coefficient (Wildman–Crippen LogP) is 3.35. The number of nitrogens with two attached hydrogens (primary N) is 1. The van der Waals surface area contributed by atoms with Crippen LogP contribution >= 0.6 is 35.6 Å². The number of benzene rings is 1. The smallest absolute Gasteiger partial charge is 0.240 e. The van der Waals surface area contributed by atoms with Gasteiger partial charge in [0.25, 0.3) is 0 Å². The van der Waals surface area contributed by atoms with Crippen molar-refractivity contribution in [1.82, 2.24) is 5.32 Å². The van der Waals surface area contributed by atoms with Crippen molar-refractivity contribution >= 4 is 41.5 Å². The fraction of sp³-hybridized carbons (Fsp3) is 0.500. The largest absolute Gasteiger partial charge is 0.354 e. The van der Waals surface area contributed by atoms with Gasteiger partial charge in [-0.1, -0.05) is 48.2 Å². The van der Waals surface area contributed by atoms with Gasteiger partial charge in [-0.3, -0.25) is 4.79 Å². The van der Waals surface area contributed by atoms with Gasteiger partial charge in [-0.2, -0.15) is 0 Å². The fourth-order valence-electron chi connectivity index (χ4n) is 2.46. The van der Waals surface area contributed by atoms with Crippen LogP contribution in [0, 0.1) is 0 Å². The number of hydrogen-bond acceptors (Lipinski definition) is 2. The quantitative estimate of drug-likeness (QED) is 0.885. The molecule has 0 aromatic heterocycles. The van der Waals surface area contributed by atoms with E-state index in [4.69, 9.17) is 28.9 Å². The maximum absolute atomic E-state index is 12.0. The Labute approximate surface area is 135 Å². The van der Waals surface area contributed by atoms with Gasteiger partial charge in [0.1, 0.15) is 0 Å². The number of amides is 1. The summed E-state index contributed by atoms with van der Waals surface area (Å²) >= 11 is 12.0. The van der Waals surface area contributed by atoms with Crippen LogP contribution in [-0.4, -0.2) is 18.0 Å². The van der Waals surface area contributed by atoms with Crippen LogP contribution in [0.4, 0.5) is 0 Å². The van der Waals surface area contributed by atoms with E-state index in [1.807, 2.05) is 12.1 Å². The summed E-state index contributed by atoms with van der Waals surface area (Å²) in [6.07, 6.45) is 4.27. The molecule has 1 aromatic rings. The molecule has 1 fully saturated rings. The van der Waals surface area contributed by atoms with E-state index < -0.39 is 5.54 Å². The Morgan fingerprint density at radius 1 is 1.30 bits per heavy atom. The first kappa shape index (κ1) is 17.6. The summed E-state index contributed by atoms with van der Waals surface area (Å²) in [5.74, 6) is -0.0526. The Bertz CT molecular complexity index is 473. The number of rotatable bonds is 4. The lowest BCUT2D eigenvalue weighted by atomic mass is 9.98. The lowest BCUT2D eigenvalue weighted by Crippen LogP contribution is -2.52. The first-order chi connectivity index (χ1) is 9.03. The van der Waals surface area contributed by atoms with Gasteiger partial charge in [-0.25, -0.2) is 0 Å². The molecule has 0 saturated heterocycles. The average molecular weight is 338 g/mol. The minimum atomic E-state index is -0.669. The van der Waals surface area contributed by atoms with Gasteiger partial charge < -0.3 is 11.1 Å². The second-order valence-corrected chi connectivity index (χ2v) is 5.87. The molecule has 3 N–H and O–H groups in total. The van der Waals surface area contributed by atoms with Gasteiger partial charge in [-0.05, 0) is 30.9 Å². The first-order valence-electron chi connectivity index (χ1n) is 6.53. The van der Waals surface area contributed by atoms with E-state index in [-0.39, 0.29) is 18.3 Å². The van der Waals surface area contributed by atoms with E-state index in [1.54, 1.807) is 6.07 Å². The molecule has 1 aliphatic rings. The highest BCUT2D eigenvalue weighted by Gasteiger charge is 2.36. The zero-order valence-electron chi connectivity index (χ0n) is 11.1. The van der Waals surface area contributed by atoms with Crippen molar-refractivity contribution in [2.75, 3.05) is 6.54 Å². The predicted molar refractivity (Wildman–Crippen MR) is 85.8 cm³/mol. The summed E-state index contributed by atoms with van der Waals surface area (Å²) in [5.41, 5.74) is 6.35. The van der Waals surface area contributed by atoms with Crippen LogP contribution in [0.3, 0.4) is 0 Å². The number of carbonyl (C=O) groups is 1. The molecule has 0 bridgehead atoms. The molecule has 1 amide bonds. The van der Waals surface area contributed by atoms with Crippen molar-refractivity contribution in [3.63, 3.8) is 0 Å². The van der Waals surface area contributed by atoms with Gasteiger partial charge in [0.05, 0.1) is 15.6 Å². The van der Waals surface area contributed by atoms with Crippen LogP contribution in [0.5, 0.6) is 0 Å². The van der Waals surface area contributed by atoms with E-state index in [0.29, 0.717) is 23.0 Å². The van der Waals surface area contributed by atoms with E-state index >= 15 is 0 Å². The Morgan fingerprint density at radius 2 is 1.95 bits per heavy atom. The Hall–Kier alpha value is -0.480. The van der Waals surface area contributed by atoms with Gasteiger partial charge in [0.15, 0.2) is 0 Å². The highest BCUT2D eigenvalue weighted by Crippen LogP contribution is 2.27. The molecule has 0 spiro atoms. The molecule has 2 rings (SSSR count).